The van der Waals surface area contributed by atoms with Gasteiger partial charge in [0.1, 0.15) is 6.10 Å². The van der Waals surface area contributed by atoms with E-state index in [0.717, 1.165) is 5.56 Å². The number of benzene rings is 1. The molecule has 1 N–H and O–H groups in total. The quantitative estimate of drug-likeness (QED) is 0.606. The van der Waals surface area contributed by atoms with Gasteiger partial charge in [-0.25, -0.2) is 0 Å². The van der Waals surface area contributed by atoms with Gasteiger partial charge in [-0.05, 0) is 29.8 Å². The molecule has 4 nitrogen and oxygen atoms in total. The minimum absolute atomic E-state index is 0.118. The van der Waals surface area contributed by atoms with Crippen LogP contribution in [0.3, 0.4) is 0 Å². The van der Waals surface area contributed by atoms with Crippen molar-refractivity contribution in [2.75, 3.05) is 7.05 Å². The summed E-state index contributed by atoms with van der Waals surface area (Å²) in [7, 11) is 1.83. The van der Waals surface area contributed by atoms with Crippen LogP contribution in [0.15, 0.2) is 29.4 Å². The van der Waals surface area contributed by atoms with Crippen LogP contribution in [0.4, 0.5) is 0 Å². The van der Waals surface area contributed by atoms with Crippen LogP contribution in [-0.4, -0.2) is 29.2 Å². The lowest BCUT2D eigenvalue weighted by atomic mass is 10.0. The third-order valence-corrected chi connectivity index (χ3v) is 3.12. The largest absolute Gasteiger partial charge is 0.453 e. The number of ether oxygens (including phenoxy) is 1. The molecule has 0 radical (unpaired) electrons. The summed E-state index contributed by atoms with van der Waals surface area (Å²) < 4.78 is 5.54. The Balaban J connectivity index is 2.26. The van der Waals surface area contributed by atoms with Gasteiger partial charge < -0.3 is 14.8 Å². The van der Waals surface area contributed by atoms with E-state index >= 15 is 0 Å². The monoisotopic (exact) mass is 240 g/mol. The summed E-state index contributed by atoms with van der Waals surface area (Å²) in [6, 6.07) is 7.83. The van der Waals surface area contributed by atoms with Crippen molar-refractivity contribution >= 4 is 17.6 Å². The summed E-state index contributed by atoms with van der Waals surface area (Å²) in [6.07, 6.45) is -0.131. The molecule has 2 rings (SSSR count). The first-order valence-electron chi connectivity index (χ1n) is 5.00. The van der Waals surface area contributed by atoms with Gasteiger partial charge in [0, 0.05) is 12.1 Å². The van der Waals surface area contributed by atoms with Crippen LogP contribution in [0, 0.1) is 0 Å². The maximum absolute atomic E-state index is 8.76. The van der Waals surface area contributed by atoms with Crippen molar-refractivity contribution in [1.29, 1.82) is 0 Å². The fraction of sp³-hybridized carbons (Fsp3) is 0.364. The molecule has 1 aromatic rings. The van der Waals surface area contributed by atoms with Crippen LogP contribution in [0.25, 0.3) is 0 Å². The van der Waals surface area contributed by atoms with Crippen LogP contribution in [0.1, 0.15) is 18.6 Å². The third-order valence-electron chi connectivity index (χ3n) is 2.87. The lowest BCUT2D eigenvalue weighted by Gasteiger charge is -2.17. The number of halogens is 1. The van der Waals surface area contributed by atoms with E-state index in [-0.39, 0.29) is 18.2 Å². The molecular weight excluding hydrogens is 228 g/mol. The van der Waals surface area contributed by atoms with E-state index < -0.39 is 0 Å². The summed E-state index contributed by atoms with van der Waals surface area (Å²) in [5.74, 6) is 0. The molecular formula is C11H13ClN2O2. The highest BCUT2D eigenvalue weighted by Crippen LogP contribution is 2.31. The Morgan fingerprint density at radius 3 is 2.50 bits per heavy atom. The Kier molecular flexibility index (Phi) is 2.92. The van der Waals surface area contributed by atoms with Gasteiger partial charge in [0.15, 0.2) is 0 Å². The van der Waals surface area contributed by atoms with Crippen molar-refractivity contribution < 1.29 is 9.94 Å². The predicted molar refractivity (Wildman–Crippen MR) is 61.7 cm³/mol. The van der Waals surface area contributed by atoms with Gasteiger partial charge >= 0.3 is 6.02 Å². The van der Waals surface area contributed by atoms with Gasteiger partial charge in [0.05, 0.1) is 6.04 Å². The number of rotatable bonds is 1. The summed E-state index contributed by atoms with van der Waals surface area (Å²) in [5, 5.41) is 12.6. The Hall–Kier alpha value is -1.42. The van der Waals surface area contributed by atoms with E-state index in [4.69, 9.17) is 21.5 Å². The van der Waals surface area contributed by atoms with Crippen LogP contribution in [0.5, 0.6) is 0 Å². The summed E-state index contributed by atoms with van der Waals surface area (Å²) in [4.78, 5) is 1.79. The van der Waals surface area contributed by atoms with Crippen LogP contribution in [-0.2, 0) is 4.74 Å². The van der Waals surface area contributed by atoms with Crippen molar-refractivity contribution in [3.05, 3.63) is 34.9 Å². The first-order chi connectivity index (χ1) is 7.63. The highest BCUT2D eigenvalue weighted by molar-refractivity contribution is 6.30. The number of hydrogen-bond donors (Lipinski definition) is 1. The molecule has 1 aliphatic heterocycles. The van der Waals surface area contributed by atoms with Gasteiger partial charge in [0.25, 0.3) is 0 Å². The molecule has 0 aliphatic carbocycles. The van der Waals surface area contributed by atoms with Crippen molar-refractivity contribution in [1.82, 2.24) is 4.90 Å². The highest BCUT2D eigenvalue weighted by Gasteiger charge is 2.36. The van der Waals surface area contributed by atoms with E-state index in [1.165, 1.54) is 0 Å². The molecule has 0 saturated carbocycles. The second-order valence-corrected chi connectivity index (χ2v) is 4.26. The SMILES string of the molecule is CC1C(c2ccc(Cl)cc2)OC(=NO)N1C. The van der Waals surface area contributed by atoms with Crippen LogP contribution >= 0.6 is 11.6 Å². The molecule has 1 saturated heterocycles. The molecule has 16 heavy (non-hydrogen) atoms. The van der Waals surface area contributed by atoms with Crippen molar-refractivity contribution in [3.63, 3.8) is 0 Å². The molecule has 0 amide bonds. The van der Waals surface area contributed by atoms with Gasteiger partial charge in [-0.1, -0.05) is 23.7 Å². The lowest BCUT2D eigenvalue weighted by molar-refractivity contribution is 0.192. The Bertz CT molecular complexity index is 405. The smallest absolute Gasteiger partial charge is 0.327 e. The van der Waals surface area contributed by atoms with Gasteiger partial charge in [0.2, 0.25) is 0 Å². The Labute approximate surface area is 99.1 Å². The summed E-state index contributed by atoms with van der Waals surface area (Å²) in [5.41, 5.74) is 1.02. The van der Waals surface area contributed by atoms with Crippen molar-refractivity contribution in [2.24, 2.45) is 5.16 Å². The minimum Gasteiger partial charge on any atom is -0.453 e. The molecule has 1 aromatic carbocycles. The van der Waals surface area contributed by atoms with E-state index in [1.54, 1.807) is 4.90 Å². The van der Waals surface area contributed by atoms with E-state index in [1.807, 2.05) is 38.2 Å². The number of amidine groups is 1. The normalized spacial score (nSPS) is 27.2. The van der Waals surface area contributed by atoms with Crippen molar-refractivity contribution in [3.8, 4) is 0 Å². The topological polar surface area (TPSA) is 45.1 Å². The molecule has 5 heteroatoms. The zero-order valence-corrected chi connectivity index (χ0v) is 9.85. The van der Waals surface area contributed by atoms with Gasteiger partial charge in [-0.2, -0.15) is 0 Å². The van der Waals surface area contributed by atoms with E-state index in [2.05, 4.69) is 5.16 Å². The summed E-state index contributed by atoms with van der Waals surface area (Å²) in [6.45, 7) is 2.01. The molecule has 1 aliphatic rings. The fourth-order valence-electron chi connectivity index (χ4n) is 1.77. The number of likely N-dealkylation sites (N-methyl/N-ethyl adjacent to an activating group) is 1. The molecule has 1 fully saturated rings. The van der Waals surface area contributed by atoms with Crippen molar-refractivity contribution in [2.45, 2.75) is 19.1 Å². The number of hydrogen-bond acceptors (Lipinski definition) is 3. The average molecular weight is 241 g/mol. The van der Waals surface area contributed by atoms with Gasteiger partial charge in [-0.15, -0.1) is 0 Å². The maximum atomic E-state index is 8.76. The average Bonchev–Trinajstić information content (AvgIpc) is 2.57. The predicted octanol–water partition coefficient (Wildman–Crippen LogP) is 2.48. The molecule has 2 unspecified atom stereocenters. The fourth-order valence-corrected chi connectivity index (χ4v) is 1.89. The molecule has 1 heterocycles. The van der Waals surface area contributed by atoms with Crippen LogP contribution in [0.2, 0.25) is 5.02 Å². The Morgan fingerprint density at radius 1 is 1.38 bits per heavy atom. The zero-order chi connectivity index (χ0) is 11.7. The Morgan fingerprint density at radius 2 is 2.00 bits per heavy atom. The van der Waals surface area contributed by atoms with E-state index in [0.29, 0.717) is 5.02 Å². The highest BCUT2D eigenvalue weighted by atomic mass is 35.5. The molecule has 0 aromatic heterocycles. The van der Waals surface area contributed by atoms with Gasteiger partial charge in [-0.3, -0.25) is 0 Å². The molecule has 0 spiro atoms. The lowest BCUT2D eigenvalue weighted by Crippen LogP contribution is -2.28. The van der Waals surface area contributed by atoms with E-state index in [9.17, 15) is 0 Å². The number of nitrogens with zero attached hydrogens (tertiary/aromatic N) is 2. The summed E-state index contributed by atoms with van der Waals surface area (Å²) >= 11 is 5.82. The minimum atomic E-state index is -0.131. The second kappa shape index (κ2) is 4.22. The second-order valence-electron chi connectivity index (χ2n) is 3.82. The number of oxime groups is 1. The first-order valence-corrected chi connectivity index (χ1v) is 5.38. The molecule has 0 bridgehead atoms. The maximum Gasteiger partial charge on any atom is 0.327 e. The molecule has 2 atom stereocenters. The third kappa shape index (κ3) is 1.80. The first kappa shape index (κ1) is 11.1. The zero-order valence-electron chi connectivity index (χ0n) is 9.09. The van der Waals surface area contributed by atoms with Crippen LogP contribution < -0.4 is 0 Å². The molecule has 86 valence electrons. The standard InChI is InChI=1S/C11H13ClN2O2/c1-7-10(16-11(13-15)14(7)2)8-3-5-9(12)6-4-8/h3-7,10,15H,1-2H3.